The van der Waals surface area contributed by atoms with Crippen molar-refractivity contribution in [2.24, 2.45) is 11.8 Å². The summed E-state index contributed by atoms with van der Waals surface area (Å²) in [5.41, 5.74) is 0.282. The first-order valence-corrected chi connectivity index (χ1v) is 8.71. The number of likely N-dealkylation sites (tertiary alicyclic amines) is 1. The Morgan fingerprint density at radius 2 is 2.08 bits per heavy atom. The predicted octanol–water partition coefficient (Wildman–Crippen LogP) is 2.13. The number of carbonyl (C=O) groups is 1. The van der Waals surface area contributed by atoms with Crippen LogP contribution in [0.15, 0.2) is 47.8 Å². The zero-order valence-corrected chi connectivity index (χ0v) is 13.6. The monoisotopic (exact) mass is 329 g/mol. The highest BCUT2D eigenvalue weighted by molar-refractivity contribution is 5.91. The molecular weight excluding hydrogens is 306 g/mol. The van der Waals surface area contributed by atoms with Crippen LogP contribution in [0.2, 0.25) is 0 Å². The first-order valence-electron chi connectivity index (χ1n) is 8.71. The Balaban J connectivity index is 1.32. The van der Waals surface area contributed by atoms with Gasteiger partial charge in [0.05, 0.1) is 24.9 Å². The van der Waals surface area contributed by atoms with E-state index in [0.29, 0.717) is 24.5 Å². The number of nitrogens with zero attached hydrogens (tertiary/aromatic N) is 1. The van der Waals surface area contributed by atoms with Gasteiger partial charge in [-0.1, -0.05) is 30.4 Å². The third-order valence-corrected chi connectivity index (χ3v) is 5.28. The van der Waals surface area contributed by atoms with Gasteiger partial charge in [-0.2, -0.15) is 0 Å². The molecule has 2 aliphatic heterocycles. The first-order chi connectivity index (χ1) is 11.7. The van der Waals surface area contributed by atoms with Gasteiger partial charge in [0.1, 0.15) is 5.76 Å². The summed E-state index contributed by atoms with van der Waals surface area (Å²) in [7, 11) is 0. The van der Waals surface area contributed by atoms with Gasteiger partial charge in [-0.25, -0.2) is 4.79 Å². The van der Waals surface area contributed by atoms with Gasteiger partial charge in [-0.3, -0.25) is 4.90 Å². The zero-order valence-electron chi connectivity index (χ0n) is 13.6. The molecule has 24 heavy (non-hydrogen) atoms. The summed E-state index contributed by atoms with van der Waals surface area (Å²) in [4.78, 5) is 14.0. The maximum absolute atomic E-state index is 11.5. The molecule has 4 rings (SSSR count). The number of hydrogen-bond donors (Lipinski definition) is 1. The van der Waals surface area contributed by atoms with Crippen LogP contribution in [-0.4, -0.2) is 54.4 Å². The summed E-state index contributed by atoms with van der Waals surface area (Å²) >= 11 is 0. The molecule has 2 fully saturated rings. The maximum atomic E-state index is 11.5. The van der Waals surface area contributed by atoms with Crippen LogP contribution in [0, 0.1) is 11.8 Å². The van der Waals surface area contributed by atoms with Gasteiger partial charge in [0.25, 0.3) is 0 Å². The molecule has 4 aliphatic rings. The first kappa shape index (κ1) is 15.7. The minimum absolute atomic E-state index is 0.119. The van der Waals surface area contributed by atoms with Crippen LogP contribution in [0.5, 0.6) is 0 Å². The van der Waals surface area contributed by atoms with Gasteiger partial charge < -0.3 is 14.6 Å². The fourth-order valence-corrected chi connectivity index (χ4v) is 4.02. The molecule has 0 amide bonds. The quantitative estimate of drug-likeness (QED) is 0.757. The molecule has 5 heteroatoms. The minimum Gasteiger partial charge on any atom is -0.493 e. The van der Waals surface area contributed by atoms with Gasteiger partial charge in [-0.15, -0.1) is 0 Å². The standard InChI is InChI=1S/C19H23NO4/c21-19(22)17-8-13-4-1-2-5-14(13)9-18(17)23-7-3-6-20-11-16-10-15(20)12-24-16/h1-2,4-5,8-9,13-16H,3,6-7,10-12H2,(H,21,22). The Bertz CT molecular complexity index is 633. The van der Waals surface area contributed by atoms with Crippen molar-refractivity contribution >= 4 is 5.97 Å². The highest BCUT2D eigenvalue weighted by Gasteiger charge is 2.38. The lowest BCUT2D eigenvalue weighted by atomic mass is 9.82. The fourth-order valence-electron chi connectivity index (χ4n) is 4.02. The van der Waals surface area contributed by atoms with Gasteiger partial charge in [0.2, 0.25) is 0 Å². The van der Waals surface area contributed by atoms with E-state index < -0.39 is 5.97 Å². The second-order valence-corrected chi connectivity index (χ2v) is 6.88. The van der Waals surface area contributed by atoms with E-state index in [4.69, 9.17) is 9.47 Å². The molecule has 0 aromatic carbocycles. The number of morpholine rings is 1. The molecule has 2 saturated heterocycles. The summed E-state index contributed by atoms with van der Waals surface area (Å²) in [6, 6.07) is 0.568. The summed E-state index contributed by atoms with van der Waals surface area (Å²) < 4.78 is 11.4. The number of allylic oxidation sites excluding steroid dienone is 6. The van der Waals surface area contributed by atoms with Crippen LogP contribution in [0.3, 0.4) is 0 Å². The van der Waals surface area contributed by atoms with E-state index in [9.17, 15) is 9.90 Å². The molecule has 4 atom stereocenters. The van der Waals surface area contributed by atoms with E-state index in [1.54, 1.807) is 6.08 Å². The summed E-state index contributed by atoms with van der Waals surface area (Å²) in [5.74, 6) is -0.0974. The molecule has 5 nitrogen and oxygen atoms in total. The third kappa shape index (κ3) is 3.06. The SMILES string of the molecule is O=C(O)C1=CC2C=CC=CC2C=C1OCCCN1CC2CC1CO2. The molecular formula is C19H23NO4. The summed E-state index contributed by atoms with van der Waals surface area (Å²) in [6.45, 7) is 3.40. The Labute approximate surface area is 141 Å². The average Bonchev–Trinajstić information content (AvgIpc) is 3.21. The number of ether oxygens (including phenoxy) is 2. The second-order valence-electron chi connectivity index (χ2n) is 6.88. The van der Waals surface area contributed by atoms with E-state index in [0.717, 1.165) is 32.5 Å². The van der Waals surface area contributed by atoms with Crippen molar-refractivity contribution in [3.63, 3.8) is 0 Å². The molecule has 0 aromatic rings. The van der Waals surface area contributed by atoms with Crippen LogP contribution >= 0.6 is 0 Å². The lowest BCUT2D eigenvalue weighted by Crippen LogP contribution is -2.37. The van der Waals surface area contributed by atoms with E-state index in [2.05, 4.69) is 11.0 Å². The van der Waals surface area contributed by atoms with Crippen LogP contribution in [0.4, 0.5) is 0 Å². The minimum atomic E-state index is -0.920. The molecule has 4 unspecified atom stereocenters. The Morgan fingerprint density at radius 3 is 2.75 bits per heavy atom. The smallest absolute Gasteiger partial charge is 0.339 e. The molecule has 0 aromatic heterocycles. The normalized spacial score (nSPS) is 34.0. The molecule has 128 valence electrons. The van der Waals surface area contributed by atoms with E-state index in [-0.39, 0.29) is 17.4 Å². The number of hydrogen-bond acceptors (Lipinski definition) is 4. The van der Waals surface area contributed by atoms with Crippen molar-refractivity contribution in [1.82, 2.24) is 4.90 Å². The molecule has 0 spiro atoms. The van der Waals surface area contributed by atoms with Crippen molar-refractivity contribution in [3.8, 4) is 0 Å². The molecule has 2 aliphatic carbocycles. The zero-order chi connectivity index (χ0) is 16.5. The number of carboxylic acid groups (broad SMARTS) is 1. The largest absolute Gasteiger partial charge is 0.493 e. The number of carboxylic acids is 1. The molecule has 1 N–H and O–H groups in total. The van der Waals surface area contributed by atoms with Crippen LogP contribution in [-0.2, 0) is 14.3 Å². The predicted molar refractivity (Wildman–Crippen MR) is 89.3 cm³/mol. The van der Waals surface area contributed by atoms with Crippen molar-refractivity contribution in [2.45, 2.75) is 25.0 Å². The average molecular weight is 329 g/mol. The fraction of sp³-hybridized carbons (Fsp3) is 0.526. The number of aliphatic carboxylic acids is 1. The van der Waals surface area contributed by atoms with E-state index in [1.807, 2.05) is 24.3 Å². The van der Waals surface area contributed by atoms with E-state index in [1.165, 1.54) is 0 Å². The van der Waals surface area contributed by atoms with Gasteiger partial charge >= 0.3 is 5.97 Å². The lowest BCUT2D eigenvalue weighted by Gasteiger charge is -2.27. The highest BCUT2D eigenvalue weighted by atomic mass is 16.5. The molecule has 0 radical (unpaired) electrons. The van der Waals surface area contributed by atoms with Crippen molar-refractivity contribution in [1.29, 1.82) is 0 Å². The Hall–Kier alpha value is -1.85. The summed E-state index contributed by atoms with van der Waals surface area (Å²) in [6.07, 6.45) is 14.3. The lowest BCUT2D eigenvalue weighted by molar-refractivity contribution is -0.132. The molecule has 0 saturated carbocycles. The second kappa shape index (κ2) is 6.57. The molecule has 2 bridgehead atoms. The van der Waals surface area contributed by atoms with Crippen LogP contribution < -0.4 is 0 Å². The van der Waals surface area contributed by atoms with Crippen LogP contribution in [0.25, 0.3) is 0 Å². The number of rotatable bonds is 6. The van der Waals surface area contributed by atoms with Gasteiger partial charge in [0, 0.05) is 31.0 Å². The topological polar surface area (TPSA) is 59.0 Å². The Kier molecular flexibility index (Phi) is 4.29. The van der Waals surface area contributed by atoms with E-state index >= 15 is 0 Å². The number of fused-ring (bicyclic) bond motifs is 3. The Morgan fingerprint density at radius 1 is 1.29 bits per heavy atom. The maximum Gasteiger partial charge on any atom is 0.339 e. The molecule has 2 heterocycles. The van der Waals surface area contributed by atoms with Crippen molar-refractivity contribution in [3.05, 3.63) is 47.8 Å². The van der Waals surface area contributed by atoms with Crippen molar-refractivity contribution in [2.75, 3.05) is 26.3 Å². The van der Waals surface area contributed by atoms with Gasteiger partial charge in [-0.05, 0) is 18.9 Å². The van der Waals surface area contributed by atoms with Crippen LogP contribution in [0.1, 0.15) is 12.8 Å². The van der Waals surface area contributed by atoms with Gasteiger partial charge in [0.15, 0.2) is 0 Å². The highest BCUT2D eigenvalue weighted by Crippen LogP contribution is 2.33. The summed E-state index contributed by atoms with van der Waals surface area (Å²) in [5, 5.41) is 9.45. The third-order valence-electron chi connectivity index (χ3n) is 5.28. The van der Waals surface area contributed by atoms with Crippen molar-refractivity contribution < 1.29 is 19.4 Å².